The van der Waals surface area contributed by atoms with Crippen molar-refractivity contribution in [3.63, 3.8) is 0 Å². The lowest BCUT2D eigenvalue weighted by Gasteiger charge is -2.03. The largest absolute Gasteiger partial charge is 0.354 e. The van der Waals surface area contributed by atoms with Gasteiger partial charge in [0, 0.05) is 16.5 Å². The molecular formula is C17H13F2NO. The van der Waals surface area contributed by atoms with E-state index in [1.165, 1.54) is 18.2 Å². The number of hydrogen-bond donors (Lipinski definition) is 1. The molecule has 0 aliphatic rings. The molecule has 4 heteroatoms. The second-order valence-electron chi connectivity index (χ2n) is 5.08. The molecule has 0 amide bonds. The molecule has 0 atom stereocenters. The van der Waals surface area contributed by atoms with Gasteiger partial charge in [-0.05, 0) is 37.1 Å². The summed E-state index contributed by atoms with van der Waals surface area (Å²) in [4.78, 5) is 14.5. The van der Waals surface area contributed by atoms with Crippen molar-refractivity contribution >= 4 is 17.2 Å². The van der Waals surface area contributed by atoms with Gasteiger partial charge in [0.05, 0.1) is 11.3 Å². The number of carbonyl (C=O) groups is 1. The minimum atomic E-state index is -0.694. The first-order valence-corrected chi connectivity index (χ1v) is 6.56. The quantitative estimate of drug-likeness (QED) is 0.689. The molecule has 0 radical (unpaired) electrons. The molecule has 2 aromatic carbocycles. The number of aromatic nitrogens is 1. The van der Waals surface area contributed by atoms with Gasteiger partial charge in [-0.15, -0.1) is 0 Å². The van der Waals surface area contributed by atoms with Crippen molar-refractivity contribution in [2.24, 2.45) is 0 Å². The molecule has 0 spiro atoms. The van der Waals surface area contributed by atoms with Crippen molar-refractivity contribution < 1.29 is 13.6 Å². The number of nitrogens with one attached hydrogen (secondary N) is 1. The number of carbonyl (C=O) groups excluding carboxylic acids is 1. The summed E-state index contributed by atoms with van der Waals surface area (Å²) in [5.74, 6) is -1.39. The molecular weight excluding hydrogens is 272 g/mol. The molecule has 3 aromatic rings. The van der Waals surface area contributed by atoms with Gasteiger partial charge in [0.15, 0.2) is 6.29 Å². The lowest BCUT2D eigenvalue weighted by atomic mass is 10.0. The van der Waals surface area contributed by atoms with Gasteiger partial charge >= 0.3 is 0 Å². The summed E-state index contributed by atoms with van der Waals surface area (Å²) >= 11 is 0. The standard InChI is InChI=1S/C17H13F2NO/c1-9-6-7-10(2)16-14(9)11(8-21)17(20-16)15-12(18)4-3-5-13(15)19/h3-8,20H,1-2H3. The second kappa shape index (κ2) is 4.81. The summed E-state index contributed by atoms with van der Waals surface area (Å²) in [6.45, 7) is 3.75. The molecule has 0 bridgehead atoms. The maximum atomic E-state index is 14.0. The maximum absolute atomic E-state index is 14.0. The first kappa shape index (κ1) is 13.5. The molecule has 0 fully saturated rings. The lowest BCUT2D eigenvalue weighted by molar-refractivity contribution is 0.112. The monoisotopic (exact) mass is 285 g/mol. The molecule has 2 nitrogen and oxygen atoms in total. The van der Waals surface area contributed by atoms with Crippen LogP contribution in [-0.4, -0.2) is 11.3 Å². The molecule has 0 aliphatic carbocycles. The van der Waals surface area contributed by atoms with E-state index in [4.69, 9.17) is 0 Å². The number of fused-ring (bicyclic) bond motifs is 1. The predicted octanol–water partition coefficient (Wildman–Crippen LogP) is 4.54. The molecule has 1 aromatic heterocycles. The Hall–Kier alpha value is -2.49. The number of benzene rings is 2. The van der Waals surface area contributed by atoms with Crippen molar-refractivity contribution in [2.75, 3.05) is 0 Å². The zero-order valence-electron chi connectivity index (χ0n) is 11.6. The average molecular weight is 285 g/mol. The highest BCUT2D eigenvalue weighted by molar-refractivity contribution is 6.06. The van der Waals surface area contributed by atoms with Gasteiger partial charge in [-0.2, -0.15) is 0 Å². The van der Waals surface area contributed by atoms with Gasteiger partial charge in [0.25, 0.3) is 0 Å². The van der Waals surface area contributed by atoms with E-state index in [0.29, 0.717) is 11.7 Å². The Morgan fingerprint density at radius 1 is 1.00 bits per heavy atom. The van der Waals surface area contributed by atoms with Crippen LogP contribution in [0.15, 0.2) is 30.3 Å². The number of hydrogen-bond acceptors (Lipinski definition) is 1. The minimum absolute atomic E-state index is 0.188. The zero-order valence-corrected chi connectivity index (χ0v) is 11.6. The first-order valence-electron chi connectivity index (χ1n) is 6.56. The van der Waals surface area contributed by atoms with Crippen LogP contribution in [0.3, 0.4) is 0 Å². The fraction of sp³-hybridized carbons (Fsp3) is 0.118. The summed E-state index contributed by atoms with van der Waals surface area (Å²) in [6.07, 6.45) is 0.645. The smallest absolute Gasteiger partial charge is 0.152 e. The third kappa shape index (κ3) is 1.95. The molecule has 0 aliphatic heterocycles. The van der Waals surface area contributed by atoms with Crippen LogP contribution in [0, 0.1) is 25.5 Å². The van der Waals surface area contributed by atoms with Crippen molar-refractivity contribution in [1.29, 1.82) is 0 Å². The van der Waals surface area contributed by atoms with E-state index < -0.39 is 11.6 Å². The SMILES string of the molecule is Cc1ccc(C)c2c(C=O)c(-c3c(F)cccc3F)[nH]c12. The van der Waals surface area contributed by atoms with Crippen molar-refractivity contribution in [3.05, 3.63) is 58.7 Å². The fourth-order valence-electron chi connectivity index (χ4n) is 2.69. The molecule has 106 valence electrons. The van der Waals surface area contributed by atoms with Gasteiger partial charge < -0.3 is 4.98 Å². The van der Waals surface area contributed by atoms with Crippen LogP contribution in [-0.2, 0) is 0 Å². The van der Waals surface area contributed by atoms with Gasteiger partial charge in [-0.3, -0.25) is 4.79 Å². The average Bonchev–Trinajstić information content (AvgIpc) is 2.83. The van der Waals surface area contributed by atoms with Crippen LogP contribution in [0.2, 0.25) is 0 Å². The topological polar surface area (TPSA) is 32.9 Å². The maximum Gasteiger partial charge on any atom is 0.152 e. The lowest BCUT2D eigenvalue weighted by Crippen LogP contribution is -1.93. The molecule has 0 saturated heterocycles. The Bertz CT molecular complexity index is 845. The third-order valence-electron chi connectivity index (χ3n) is 3.74. The molecule has 3 rings (SSSR count). The summed E-state index contributed by atoms with van der Waals surface area (Å²) < 4.78 is 28.0. The first-order chi connectivity index (χ1) is 10.0. The predicted molar refractivity (Wildman–Crippen MR) is 78.5 cm³/mol. The third-order valence-corrected chi connectivity index (χ3v) is 3.74. The van der Waals surface area contributed by atoms with Crippen LogP contribution in [0.1, 0.15) is 21.5 Å². The van der Waals surface area contributed by atoms with Gasteiger partial charge in [0.1, 0.15) is 11.6 Å². The number of aromatic amines is 1. The van der Waals surface area contributed by atoms with E-state index in [2.05, 4.69) is 4.98 Å². The van der Waals surface area contributed by atoms with Crippen LogP contribution in [0.5, 0.6) is 0 Å². The highest BCUT2D eigenvalue weighted by Gasteiger charge is 2.20. The Morgan fingerprint density at radius 2 is 1.62 bits per heavy atom. The number of aldehydes is 1. The molecule has 21 heavy (non-hydrogen) atoms. The molecule has 1 heterocycles. The Kier molecular flexibility index (Phi) is 3.09. The van der Waals surface area contributed by atoms with E-state index in [-0.39, 0.29) is 16.8 Å². The van der Waals surface area contributed by atoms with E-state index in [1.54, 1.807) is 0 Å². The van der Waals surface area contributed by atoms with Crippen molar-refractivity contribution in [3.8, 4) is 11.3 Å². The fourth-order valence-corrected chi connectivity index (χ4v) is 2.69. The summed E-state index contributed by atoms with van der Waals surface area (Å²) in [7, 11) is 0. The number of aryl methyl sites for hydroxylation is 2. The van der Waals surface area contributed by atoms with E-state index in [1.807, 2.05) is 26.0 Å². The normalized spacial score (nSPS) is 11.0. The van der Waals surface area contributed by atoms with Crippen LogP contribution >= 0.6 is 0 Å². The zero-order chi connectivity index (χ0) is 15.1. The van der Waals surface area contributed by atoms with E-state index in [9.17, 15) is 13.6 Å². The number of halogens is 2. The minimum Gasteiger partial charge on any atom is -0.354 e. The second-order valence-corrected chi connectivity index (χ2v) is 5.08. The van der Waals surface area contributed by atoms with Gasteiger partial charge in [-0.1, -0.05) is 18.2 Å². The van der Waals surface area contributed by atoms with Crippen LogP contribution in [0.25, 0.3) is 22.2 Å². The number of rotatable bonds is 2. The highest BCUT2D eigenvalue weighted by Crippen LogP contribution is 2.35. The Morgan fingerprint density at radius 3 is 2.24 bits per heavy atom. The Balaban J connectivity index is 2.47. The van der Waals surface area contributed by atoms with Crippen LogP contribution < -0.4 is 0 Å². The van der Waals surface area contributed by atoms with E-state index >= 15 is 0 Å². The van der Waals surface area contributed by atoms with Gasteiger partial charge in [-0.25, -0.2) is 8.78 Å². The van der Waals surface area contributed by atoms with Gasteiger partial charge in [0.2, 0.25) is 0 Å². The summed E-state index contributed by atoms with van der Waals surface area (Å²) in [6, 6.07) is 7.45. The van der Waals surface area contributed by atoms with Crippen LogP contribution in [0.4, 0.5) is 8.78 Å². The highest BCUT2D eigenvalue weighted by atomic mass is 19.1. The Labute approximate surface area is 120 Å². The number of H-pyrrole nitrogens is 1. The van der Waals surface area contributed by atoms with E-state index in [0.717, 1.165) is 16.6 Å². The summed E-state index contributed by atoms with van der Waals surface area (Å²) in [5.41, 5.74) is 2.81. The van der Waals surface area contributed by atoms with Crippen molar-refractivity contribution in [1.82, 2.24) is 4.98 Å². The summed E-state index contributed by atoms with van der Waals surface area (Å²) in [5, 5.41) is 0.711. The van der Waals surface area contributed by atoms with Crippen molar-refractivity contribution in [2.45, 2.75) is 13.8 Å². The molecule has 0 saturated carbocycles. The molecule has 0 unspecified atom stereocenters. The molecule has 1 N–H and O–H groups in total.